The van der Waals surface area contributed by atoms with Crippen molar-refractivity contribution in [2.45, 2.75) is 6.54 Å². The summed E-state index contributed by atoms with van der Waals surface area (Å²) in [5.41, 5.74) is 5.87. The van der Waals surface area contributed by atoms with E-state index in [0.717, 1.165) is 16.5 Å². The van der Waals surface area contributed by atoms with E-state index in [2.05, 4.69) is 5.43 Å². The number of benzene rings is 3. The van der Waals surface area contributed by atoms with Crippen molar-refractivity contribution < 1.29 is 14.7 Å². The summed E-state index contributed by atoms with van der Waals surface area (Å²) < 4.78 is 1.99. The van der Waals surface area contributed by atoms with E-state index in [1.807, 2.05) is 47.2 Å². The van der Waals surface area contributed by atoms with Crippen LogP contribution < -0.4 is 10.4 Å². The lowest BCUT2D eigenvalue weighted by Crippen LogP contribution is -2.39. The minimum atomic E-state index is -1.01. The Kier molecular flexibility index (Phi) is 6.08. The third-order valence-corrected chi connectivity index (χ3v) is 5.58. The van der Waals surface area contributed by atoms with Crippen molar-refractivity contribution in [2.24, 2.45) is 0 Å². The first-order chi connectivity index (χ1) is 15.3. The van der Waals surface area contributed by atoms with Crippen LogP contribution in [-0.4, -0.2) is 28.6 Å². The molecule has 0 fully saturated rings. The maximum absolute atomic E-state index is 13.2. The molecule has 0 aliphatic heterocycles. The fourth-order valence-corrected chi connectivity index (χ4v) is 3.86. The van der Waals surface area contributed by atoms with E-state index in [1.54, 1.807) is 25.2 Å². The summed E-state index contributed by atoms with van der Waals surface area (Å²) in [5.74, 6) is -1.34. The zero-order chi connectivity index (χ0) is 22.8. The maximum atomic E-state index is 13.2. The lowest BCUT2D eigenvalue weighted by molar-refractivity contribution is 0.0696. The van der Waals surface area contributed by atoms with Gasteiger partial charge in [-0.25, -0.2) is 4.79 Å². The van der Waals surface area contributed by atoms with Gasteiger partial charge in [0.05, 0.1) is 22.3 Å². The Balaban J connectivity index is 1.63. The first kappa shape index (κ1) is 21.7. The minimum absolute atomic E-state index is 0.171. The molecule has 0 aliphatic rings. The van der Waals surface area contributed by atoms with Crippen molar-refractivity contribution in [1.29, 1.82) is 0 Å². The fraction of sp³-hybridized carbons (Fsp3) is 0.0833. The smallest absolute Gasteiger partial charge is 0.335 e. The van der Waals surface area contributed by atoms with Crippen LogP contribution in [0.4, 0.5) is 5.69 Å². The number of halogens is 2. The SMILES string of the molecule is CN(NC(=O)c1cc(Cl)cc2ccn(Cc3ccc(Cl)cc3)c12)c1ccc(C(=O)O)cc1. The Morgan fingerprint density at radius 3 is 2.31 bits per heavy atom. The average molecular weight is 468 g/mol. The Labute approximate surface area is 194 Å². The molecule has 0 unspecified atom stereocenters. The number of hydrazine groups is 1. The van der Waals surface area contributed by atoms with Crippen LogP contribution in [0.1, 0.15) is 26.3 Å². The summed E-state index contributed by atoms with van der Waals surface area (Å²) in [5, 5.41) is 12.6. The Hall–Kier alpha value is -3.48. The zero-order valence-corrected chi connectivity index (χ0v) is 18.6. The maximum Gasteiger partial charge on any atom is 0.335 e. The molecule has 162 valence electrons. The van der Waals surface area contributed by atoms with E-state index in [9.17, 15) is 9.59 Å². The van der Waals surface area contributed by atoms with Crippen LogP contribution in [-0.2, 0) is 6.54 Å². The van der Waals surface area contributed by atoms with Gasteiger partial charge in [0.25, 0.3) is 5.91 Å². The summed E-state index contributed by atoms with van der Waals surface area (Å²) in [6.07, 6.45) is 1.92. The summed E-state index contributed by atoms with van der Waals surface area (Å²) in [4.78, 5) is 24.2. The molecule has 0 aliphatic carbocycles. The molecular weight excluding hydrogens is 449 g/mol. The van der Waals surface area contributed by atoms with Gasteiger partial charge in [0.15, 0.2) is 0 Å². The van der Waals surface area contributed by atoms with Crippen molar-refractivity contribution >= 4 is 51.7 Å². The molecule has 8 heteroatoms. The van der Waals surface area contributed by atoms with E-state index in [4.69, 9.17) is 28.3 Å². The van der Waals surface area contributed by atoms with Crippen LogP contribution in [0, 0.1) is 0 Å². The van der Waals surface area contributed by atoms with Gasteiger partial charge in [-0.05, 0) is 60.2 Å². The van der Waals surface area contributed by atoms with Crippen LogP contribution >= 0.6 is 23.2 Å². The lowest BCUT2D eigenvalue weighted by Gasteiger charge is -2.21. The summed E-state index contributed by atoms with van der Waals surface area (Å²) in [6, 6.07) is 19.1. The number of aromatic nitrogens is 1. The van der Waals surface area contributed by atoms with E-state index >= 15 is 0 Å². The number of fused-ring (bicyclic) bond motifs is 1. The highest BCUT2D eigenvalue weighted by atomic mass is 35.5. The number of hydrogen-bond acceptors (Lipinski definition) is 3. The highest BCUT2D eigenvalue weighted by Gasteiger charge is 2.17. The third kappa shape index (κ3) is 4.56. The molecule has 1 amide bonds. The van der Waals surface area contributed by atoms with Gasteiger partial charge in [-0.15, -0.1) is 0 Å². The molecule has 0 bridgehead atoms. The molecule has 32 heavy (non-hydrogen) atoms. The summed E-state index contributed by atoms with van der Waals surface area (Å²) in [6.45, 7) is 0.565. The van der Waals surface area contributed by atoms with Gasteiger partial charge >= 0.3 is 5.97 Å². The molecule has 4 rings (SSSR count). The summed E-state index contributed by atoms with van der Waals surface area (Å²) in [7, 11) is 1.68. The average Bonchev–Trinajstić information content (AvgIpc) is 3.17. The second-order valence-electron chi connectivity index (χ2n) is 7.31. The highest BCUT2D eigenvalue weighted by Crippen LogP contribution is 2.27. The molecule has 0 saturated heterocycles. The number of aromatic carboxylic acids is 1. The van der Waals surface area contributed by atoms with Crippen molar-refractivity contribution in [3.05, 3.63) is 99.7 Å². The number of hydrogen-bond donors (Lipinski definition) is 2. The number of carboxylic acid groups (broad SMARTS) is 1. The molecular formula is C24H19Cl2N3O3. The van der Waals surface area contributed by atoms with Crippen LogP contribution in [0.3, 0.4) is 0 Å². The molecule has 0 saturated carbocycles. The standard InChI is InChI=1S/C24H19Cl2N3O3/c1-28(20-8-4-16(5-9-20)24(31)32)27-23(30)21-13-19(26)12-17-10-11-29(22(17)21)14-15-2-6-18(25)7-3-15/h2-13H,14H2,1H3,(H,27,30)(H,31,32). The number of nitrogens with one attached hydrogen (secondary N) is 1. The second kappa shape index (κ2) is 8.94. The number of carboxylic acids is 1. The molecule has 0 spiro atoms. The topological polar surface area (TPSA) is 74.6 Å². The Morgan fingerprint density at radius 1 is 0.969 bits per heavy atom. The predicted molar refractivity (Wildman–Crippen MR) is 127 cm³/mol. The summed E-state index contributed by atoms with van der Waals surface area (Å²) >= 11 is 12.3. The van der Waals surface area contributed by atoms with Crippen LogP contribution in [0.5, 0.6) is 0 Å². The molecule has 4 aromatic rings. The number of rotatable bonds is 6. The fourth-order valence-electron chi connectivity index (χ4n) is 3.51. The van der Waals surface area contributed by atoms with Gasteiger partial charge in [-0.3, -0.25) is 15.2 Å². The number of carbonyl (C=O) groups excluding carboxylic acids is 1. The third-order valence-electron chi connectivity index (χ3n) is 5.11. The molecule has 1 heterocycles. The first-order valence-electron chi connectivity index (χ1n) is 9.73. The zero-order valence-electron chi connectivity index (χ0n) is 17.0. The highest BCUT2D eigenvalue weighted by molar-refractivity contribution is 6.32. The quantitative estimate of drug-likeness (QED) is 0.368. The van der Waals surface area contributed by atoms with Crippen molar-refractivity contribution in [3.63, 3.8) is 0 Å². The molecule has 6 nitrogen and oxygen atoms in total. The molecule has 0 atom stereocenters. The number of anilines is 1. The van der Waals surface area contributed by atoms with Crippen LogP contribution in [0.25, 0.3) is 10.9 Å². The number of amides is 1. The molecule has 2 N–H and O–H groups in total. The molecule has 1 aromatic heterocycles. The van der Waals surface area contributed by atoms with Gasteiger partial charge in [0, 0.05) is 35.2 Å². The van der Waals surface area contributed by atoms with Gasteiger partial charge < -0.3 is 9.67 Å². The van der Waals surface area contributed by atoms with E-state index in [0.29, 0.717) is 27.8 Å². The second-order valence-corrected chi connectivity index (χ2v) is 8.19. The van der Waals surface area contributed by atoms with E-state index in [-0.39, 0.29) is 11.5 Å². The number of carbonyl (C=O) groups is 2. The van der Waals surface area contributed by atoms with Crippen LogP contribution in [0.15, 0.2) is 72.9 Å². The minimum Gasteiger partial charge on any atom is -0.478 e. The lowest BCUT2D eigenvalue weighted by atomic mass is 10.1. The first-order valence-corrected chi connectivity index (χ1v) is 10.5. The van der Waals surface area contributed by atoms with Crippen LogP contribution in [0.2, 0.25) is 10.0 Å². The van der Waals surface area contributed by atoms with Gasteiger partial charge in [-0.2, -0.15) is 0 Å². The van der Waals surface area contributed by atoms with Crippen molar-refractivity contribution in [1.82, 2.24) is 9.99 Å². The Morgan fingerprint density at radius 2 is 1.66 bits per heavy atom. The van der Waals surface area contributed by atoms with E-state index < -0.39 is 5.97 Å². The van der Waals surface area contributed by atoms with Gasteiger partial charge in [-0.1, -0.05) is 35.3 Å². The predicted octanol–water partition coefficient (Wildman–Crippen LogP) is 5.48. The normalized spacial score (nSPS) is 10.8. The van der Waals surface area contributed by atoms with E-state index in [1.165, 1.54) is 17.1 Å². The van der Waals surface area contributed by atoms with Crippen molar-refractivity contribution in [2.75, 3.05) is 12.1 Å². The Bertz CT molecular complexity index is 1300. The monoisotopic (exact) mass is 467 g/mol. The van der Waals surface area contributed by atoms with Crippen molar-refractivity contribution in [3.8, 4) is 0 Å². The molecule has 0 radical (unpaired) electrons. The van der Waals surface area contributed by atoms with Gasteiger partial charge in [0.2, 0.25) is 0 Å². The largest absolute Gasteiger partial charge is 0.478 e. The number of nitrogens with zero attached hydrogens (tertiary/aromatic N) is 2. The van der Waals surface area contributed by atoms with Gasteiger partial charge in [0.1, 0.15) is 0 Å². The molecule has 3 aromatic carbocycles.